The summed E-state index contributed by atoms with van der Waals surface area (Å²) in [4.78, 5) is 22.5. The van der Waals surface area contributed by atoms with Crippen molar-refractivity contribution < 1.29 is 19.4 Å². The first-order valence-corrected chi connectivity index (χ1v) is 7.96. The molecular formula is C18H19N3O4. The average Bonchev–Trinajstić information content (AvgIpc) is 3.06. The summed E-state index contributed by atoms with van der Waals surface area (Å²) in [6, 6.07) is 5.09. The lowest BCUT2D eigenvalue weighted by Crippen LogP contribution is -2.30. The summed E-state index contributed by atoms with van der Waals surface area (Å²) >= 11 is 0. The minimum Gasteiger partial charge on any atom is -0.506 e. The highest BCUT2D eigenvalue weighted by molar-refractivity contribution is 5.95. The monoisotopic (exact) mass is 341 g/mol. The van der Waals surface area contributed by atoms with Crippen LogP contribution in [0.25, 0.3) is 11.1 Å². The largest absolute Gasteiger partial charge is 0.506 e. The van der Waals surface area contributed by atoms with Gasteiger partial charge >= 0.3 is 0 Å². The number of aliphatic hydroxyl groups excluding tert-OH is 1. The van der Waals surface area contributed by atoms with Crippen molar-refractivity contribution in [2.24, 2.45) is 0 Å². The molecule has 0 unspecified atom stereocenters. The standard InChI is InChI=1S/C18H19N3O4/c1-3-21(9-13-12(10-22)8-20-11(2)17(13)23)18(24)16-7-14-15(25-16)5-4-6-19-14/h4-8,22-23H,3,9-10H2,1-2H3. The van der Waals surface area contributed by atoms with E-state index in [1.54, 1.807) is 31.3 Å². The van der Waals surface area contributed by atoms with Crippen LogP contribution in [0.1, 0.15) is 34.3 Å². The molecule has 3 rings (SSSR count). The van der Waals surface area contributed by atoms with Gasteiger partial charge in [0.25, 0.3) is 5.91 Å². The van der Waals surface area contributed by atoms with E-state index in [0.717, 1.165) is 0 Å². The van der Waals surface area contributed by atoms with Gasteiger partial charge in [-0.3, -0.25) is 14.8 Å². The minimum absolute atomic E-state index is 0.0101. The summed E-state index contributed by atoms with van der Waals surface area (Å²) < 4.78 is 5.58. The Kier molecular flexibility index (Phi) is 4.67. The number of amides is 1. The lowest BCUT2D eigenvalue weighted by molar-refractivity contribution is 0.0720. The van der Waals surface area contributed by atoms with Gasteiger partial charge in [0.15, 0.2) is 11.3 Å². The van der Waals surface area contributed by atoms with Gasteiger partial charge in [-0.1, -0.05) is 0 Å². The summed E-state index contributed by atoms with van der Waals surface area (Å²) in [5.74, 6) is -0.131. The van der Waals surface area contributed by atoms with Crippen LogP contribution in [-0.2, 0) is 13.2 Å². The zero-order chi connectivity index (χ0) is 18.0. The molecule has 7 heteroatoms. The molecule has 130 valence electrons. The number of rotatable bonds is 5. The lowest BCUT2D eigenvalue weighted by Gasteiger charge is -2.22. The number of aromatic nitrogens is 2. The van der Waals surface area contributed by atoms with E-state index in [9.17, 15) is 15.0 Å². The van der Waals surface area contributed by atoms with Crippen molar-refractivity contribution in [1.29, 1.82) is 0 Å². The van der Waals surface area contributed by atoms with E-state index in [0.29, 0.717) is 34.5 Å². The van der Waals surface area contributed by atoms with Crippen molar-refractivity contribution in [3.63, 3.8) is 0 Å². The number of furan rings is 1. The van der Waals surface area contributed by atoms with Crippen LogP contribution < -0.4 is 0 Å². The molecule has 0 atom stereocenters. The molecule has 0 aliphatic carbocycles. The zero-order valence-electron chi connectivity index (χ0n) is 14.1. The summed E-state index contributed by atoms with van der Waals surface area (Å²) in [6.45, 7) is 3.79. The lowest BCUT2D eigenvalue weighted by atomic mass is 10.1. The molecule has 0 bridgehead atoms. The Bertz CT molecular complexity index is 887. The molecule has 3 aromatic rings. The number of aromatic hydroxyl groups is 1. The molecule has 0 fully saturated rings. The summed E-state index contributed by atoms with van der Waals surface area (Å²) in [7, 11) is 0. The maximum absolute atomic E-state index is 12.8. The van der Waals surface area contributed by atoms with E-state index >= 15 is 0 Å². The summed E-state index contributed by atoms with van der Waals surface area (Å²) in [5.41, 5.74) is 2.57. The van der Waals surface area contributed by atoms with Gasteiger partial charge in [-0.25, -0.2) is 0 Å². The molecule has 0 saturated carbocycles. The SMILES string of the molecule is CCN(Cc1c(CO)cnc(C)c1O)C(=O)c1cc2ncccc2o1. The fourth-order valence-electron chi connectivity index (χ4n) is 2.65. The molecule has 25 heavy (non-hydrogen) atoms. The summed E-state index contributed by atoms with van der Waals surface area (Å²) in [6.07, 6.45) is 3.14. The van der Waals surface area contributed by atoms with Crippen molar-refractivity contribution >= 4 is 17.0 Å². The molecular weight excluding hydrogens is 322 g/mol. The van der Waals surface area contributed by atoms with Crippen LogP contribution in [0.15, 0.2) is 35.0 Å². The molecule has 0 aliphatic heterocycles. The van der Waals surface area contributed by atoms with Crippen LogP contribution in [0, 0.1) is 6.92 Å². The first kappa shape index (κ1) is 16.9. The fourth-order valence-corrected chi connectivity index (χ4v) is 2.65. The van der Waals surface area contributed by atoms with Gasteiger partial charge in [0.1, 0.15) is 11.3 Å². The highest BCUT2D eigenvalue weighted by Gasteiger charge is 2.22. The van der Waals surface area contributed by atoms with Gasteiger partial charge in [-0.2, -0.15) is 0 Å². The molecule has 3 heterocycles. The predicted octanol–water partition coefficient (Wildman–Crippen LogP) is 2.39. The van der Waals surface area contributed by atoms with E-state index in [1.165, 1.54) is 11.1 Å². The number of carbonyl (C=O) groups is 1. The molecule has 0 radical (unpaired) electrons. The van der Waals surface area contributed by atoms with Crippen LogP contribution in [0.3, 0.4) is 0 Å². The molecule has 0 aliphatic rings. The normalized spacial score (nSPS) is 11.0. The number of carbonyl (C=O) groups excluding carboxylic acids is 1. The Morgan fingerprint density at radius 3 is 2.84 bits per heavy atom. The predicted molar refractivity (Wildman–Crippen MR) is 91.0 cm³/mol. The van der Waals surface area contributed by atoms with Crippen molar-refractivity contribution in [2.75, 3.05) is 6.54 Å². The van der Waals surface area contributed by atoms with E-state index in [1.807, 2.05) is 6.92 Å². The second kappa shape index (κ2) is 6.90. The summed E-state index contributed by atoms with van der Waals surface area (Å²) in [5, 5.41) is 19.8. The average molecular weight is 341 g/mol. The number of fused-ring (bicyclic) bond motifs is 1. The van der Waals surface area contributed by atoms with Gasteiger partial charge < -0.3 is 19.5 Å². The topological polar surface area (TPSA) is 99.7 Å². The Morgan fingerprint density at radius 2 is 2.16 bits per heavy atom. The first-order chi connectivity index (χ1) is 12.0. The second-order valence-corrected chi connectivity index (χ2v) is 5.67. The molecule has 2 N–H and O–H groups in total. The maximum atomic E-state index is 12.8. The van der Waals surface area contributed by atoms with Crippen molar-refractivity contribution in [2.45, 2.75) is 27.0 Å². The van der Waals surface area contributed by atoms with Gasteiger partial charge in [-0.05, 0) is 26.0 Å². The third kappa shape index (κ3) is 3.18. The van der Waals surface area contributed by atoms with E-state index in [4.69, 9.17) is 4.42 Å². The Morgan fingerprint density at radius 1 is 1.36 bits per heavy atom. The minimum atomic E-state index is -0.307. The third-order valence-corrected chi connectivity index (χ3v) is 4.12. The van der Waals surface area contributed by atoms with Gasteiger partial charge in [0.05, 0.1) is 18.8 Å². The van der Waals surface area contributed by atoms with Gasteiger partial charge in [0.2, 0.25) is 0 Å². The molecule has 3 aromatic heterocycles. The van der Waals surface area contributed by atoms with E-state index < -0.39 is 0 Å². The molecule has 0 spiro atoms. The number of nitrogens with zero attached hydrogens (tertiary/aromatic N) is 3. The quantitative estimate of drug-likeness (QED) is 0.739. The number of aryl methyl sites for hydroxylation is 1. The molecule has 0 aromatic carbocycles. The first-order valence-electron chi connectivity index (χ1n) is 7.96. The number of hydrogen-bond acceptors (Lipinski definition) is 6. The third-order valence-electron chi connectivity index (χ3n) is 4.12. The van der Waals surface area contributed by atoms with Crippen molar-refractivity contribution in [1.82, 2.24) is 14.9 Å². The van der Waals surface area contributed by atoms with Crippen LogP contribution in [-0.4, -0.2) is 37.5 Å². The van der Waals surface area contributed by atoms with E-state index in [-0.39, 0.29) is 30.6 Å². The fraction of sp³-hybridized carbons (Fsp3) is 0.278. The van der Waals surface area contributed by atoms with Crippen LogP contribution >= 0.6 is 0 Å². The van der Waals surface area contributed by atoms with Crippen LogP contribution in [0.4, 0.5) is 0 Å². The number of hydrogen-bond donors (Lipinski definition) is 2. The molecule has 0 saturated heterocycles. The van der Waals surface area contributed by atoms with Crippen molar-refractivity contribution in [3.05, 3.63) is 53.2 Å². The van der Waals surface area contributed by atoms with Crippen LogP contribution in [0.2, 0.25) is 0 Å². The molecule has 1 amide bonds. The van der Waals surface area contributed by atoms with Gasteiger partial charge in [0, 0.05) is 36.1 Å². The molecule has 7 nitrogen and oxygen atoms in total. The van der Waals surface area contributed by atoms with Crippen LogP contribution in [0.5, 0.6) is 5.75 Å². The second-order valence-electron chi connectivity index (χ2n) is 5.67. The number of aliphatic hydroxyl groups is 1. The Balaban J connectivity index is 1.92. The maximum Gasteiger partial charge on any atom is 0.289 e. The Hall–Kier alpha value is -2.93. The van der Waals surface area contributed by atoms with Gasteiger partial charge in [-0.15, -0.1) is 0 Å². The highest BCUT2D eigenvalue weighted by atomic mass is 16.3. The van der Waals surface area contributed by atoms with E-state index in [2.05, 4.69) is 9.97 Å². The Labute approximate surface area is 144 Å². The zero-order valence-corrected chi connectivity index (χ0v) is 14.1. The number of pyridine rings is 2. The highest BCUT2D eigenvalue weighted by Crippen LogP contribution is 2.26. The van der Waals surface area contributed by atoms with Crippen molar-refractivity contribution in [3.8, 4) is 5.75 Å². The smallest absolute Gasteiger partial charge is 0.289 e.